The van der Waals surface area contributed by atoms with Crippen molar-refractivity contribution in [2.24, 2.45) is 0 Å². The average molecular weight is 293 g/mol. The number of anilines is 1. The lowest BCUT2D eigenvalue weighted by Crippen LogP contribution is -2.22. The molecule has 106 valence electrons. The van der Waals surface area contributed by atoms with Crippen LogP contribution in [0.5, 0.6) is 0 Å². The van der Waals surface area contributed by atoms with Crippen LogP contribution in [-0.4, -0.2) is 11.9 Å². The van der Waals surface area contributed by atoms with Crippen LogP contribution >= 0.6 is 11.6 Å². The number of nitrogens with zero attached hydrogens (tertiary/aromatic N) is 1. The molecular weight excluding hydrogens is 275 g/mol. The average Bonchev–Trinajstić information content (AvgIpc) is 2.36. The van der Waals surface area contributed by atoms with Crippen molar-refractivity contribution in [2.45, 2.75) is 19.5 Å². The smallest absolute Gasteiger partial charge is 0.125 e. The minimum absolute atomic E-state index is 0.179. The number of nitrogens with two attached hydrogens (primary N) is 1. The zero-order valence-corrected chi connectivity index (χ0v) is 12.4. The van der Waals surface area contributed by atoms with Crippen LogP contribution in [0.15, 0.2) is 42.5 Å². The zero-order valence-electron chi connectivity index (χ0n) is 11.6. The van der Waals surface area contributed by atoms with Gasteiger partial charge in [0.1, 0.15) is 5.82 Å². The van der Waals surface area contributed by atoms with Gasteiger partial charge in [-0.15, -0.1) is 0 Å². The molecule has 1 unspecified atom stereocenters. The van der Waals surface area contributed by atoms with Crippen molar-refractivity contribution in [1.29, 1.82) is 0 Å². The number of halogens is 2. The second-order valence-electron chi connectivity index (χ2n) is 5.04. The molecule has 2 nitrogen and oxygen atoms in total. The maximum absolute atomic E-state index is 13.3. The molecule has 0 radical (unpaired) electrons. The van der Waals surface area contributed by atoms with Crippen molar-refractivity contribution in [3.05, 3.63) is 64.4 Å². The van der Waals surface area contributed by atoms with Crippen LogP contribution in [0.2, 0.25) is 5.02 Å². The minimum Gasteiger partial charge on any atom is -0.399 e. The fraction of sp³-hybridized carbons (Fsp3) is 0.250. The van der Waals surface area contributed by atoms with E-state index in [0.29, 0.717) is 12.2 Å². The minimum atomic E-state index is -0.302. The summed E-state index contributed by atoms with van der Waals surface area (Å²) in [5.41, 5.74) is 8.10. The molecule has 0 saturated heterocycles. The fourth-order valence-electron chi connectivity index (χ4n) is 2.21. The Hall–Kier alpha value is -1.58. The molecule has 0 heterocycles. The lowest BCUT2D eigenvalue weighted by molar-refractivity contribution is 0.253. The molecule has 2 aromatic carbocycles. The SMILES string of the molecule is CC(c1cccc(Cl)c1)N(C)Cc1cc(N)cc(F)c1. The predicted octanol–water partition coefficient (Wildman–Crippen LogP) is 4.25. The third-order valence-corrected chi connectivity index (χ3v) is 3.64. The van der Waals surface area contributed by atoms with Gasteiger partial charge in [-0.05, 0) is 55.4 Å². The summed E-state index contributed by atoms with van der Waals surface area (Å²) in [4.78, 5) is 2.12. The molecule has 0 aliphatic carbocycles. The third-order valence-electron chi connectivity index (χ3n) is 3.40. The first-order chi connectivity index (χ1) is 9.45. The maximum atomic E-state index is 13.3. The molecule has 0 aliphatic heterocycles. The molecule has 1 atom stereocenters. The summed E-state index contributed by atoms with van der Waals surface area (Å²) in [6.45, 7) is 2.71. The van der Waals surface area contributed by atoms with Crippen LogP contribution in [0.3, 0.4) is 0 Å². The standard InChI is InChI=1S/C16H18ClFN2/c1-11(13-4-3-5-14(17)8-13)20(2)10-12-6-15(18)9-16(19)7-12/h3-9,11H,10,19H2,1-2H3. The van der Waals surface area contributed by atoms with Crippen molar-refractivity contribution in [3.63, 3.8) is 0 Å². The van der Waals surface area contributed by atoms with Gasteiger partial charge in [0.15, 0.2) is 0 Å². The van der Waals surface area contributed by atoms with E-state index in [0.717, 1.165) is 16.1 Å². The molecule has 0 bridgehead atoms. The summed E-state index contributed by atoms with van der Waals surface area (Å²) in [5.74, 6) is -0.302. The fourth-order valence-corrected chi connectivity index (χ4v) is 2.41. The molecule has 20 heavy (non-hydrogen) atoms. The highest BCUT2D eigenvalue weighted by Gasteiger charge is 2.13. The first-order valence-electron chi connectivity index (χ1n) is 6.46. The van der Waals surface area contributed by atoms with E-state index in [1.165, 1.54) is 12.1 Å². The Morgan fingerprint density at radius 3 is 2.65 bits per heavy atom. The van der Waals surface area contributed by atoms with Gasteiger partial charge in [-0.2, -0.15) is 0 Å². The Morgan fingerprint density at radius 1 is 1.25 bits per heavy atom. The van der Waals surface area contributed by atoms with Crippen LogP contribution in [0, 0.1) is 5.82 Å². The molecular formula is C16H18ClFN2. The topological polar surface area (TPSA) is 29.3 Å². The molecule has 0 aliphatic rings. The zero-order chi connectivity index (χ0) is 14.7. The summed E-state index contributed by atoms with van der Waals surface area (Å²) < 4.78 is 13.3. The quantitative estimate of drug-likeness (QED) is 0.854. The van der Waals surface area contributed by atoms with Gasteiger partial charge in [0.2, 0.25) is 0 Å². The van der Waals surface area contributed by atoms with Crippen molar-refractivity contribution in [2.75, 3.05) is 12.8 Å². The van der Waals surface area contributed by atoms with Gasteiger partial charge < -0.3 is 5.73 Å². The van der Waals surface area contributed by atoms with Gasteiger partial charge in [0.25, 0.3) is 0 Å². The van der Waals surface area contributed by atoms with Gasteiger partial charge in [-0.3, -0.25) is 4.90 Å². The van der Waals surface area contributed by atoms with E-state index in [9.17, 15) is 4.39 Å². The summed E-state index contributed by atoms with van der Waals surface area (Å²) in [5, 5.41) is 0.720. The van der Waals surface area contributed by atoms with Gasteiger partial charge in [-0.25, -0.2) is 4.39 Å². The van der Waals surface area contributed by atoms with Crippen LogP contribution in [0.4, 0.5) is 10.1 Å². The van der Waals surface area contributed by atoms with Gasteiger partial charge in [0, 0.05) is 23.3 Å². The van der Waals surface area contributed by atoms with E-state index < -0.39 is 0 Å². The summed E-state index contributed by atoms with van der Waals surface area (Å²) in [7, 11) is 1.99. The van der Waals surface area contributed by atoms with E-state index in [2.05, 4.69) is 11.8 Å². The molecule has 0 fully saturated rings. The van der Waals surface area contributed by atoms with Gasteiger partial charge in [0.05, 0.1) is 0 Å². The lowest BCUT2D eigenvalue weighted by Gasteiger charge is -2.25. The monoisotopic (exact) mass is 292 g/mol. The molecule has 0 amide bonds. The van der Waals surface area contributed by atoms with Crippen molar-refractivity contribution in [3.8, 4) is 0 Å². The van der Waals surface area contributed by atoms with Crippen LogP contribution in [0.1, 0.15) is 24.1 Å². The number of hydrogen-bond donors (Lipinski definition) is 1. The molecule has 2 rings (SSSR count). The highest BCUT2D eigenvalue weighted by molar-refractivity contribution is 6.30. The largest absolute Gasteiger partial charge is 0.399 e. The van der Waals surface area contributed by atoms with E-state index in [-0.39, 0.29) is 11.9 Å². The molecule has 0 aromatic heterocycles. The first-order valence-corrected chi connectivity index (χ1v) is 6.84. The maximum Gasteiger partial charge on any atom is 0.125 e. The highest BCUT2D eigenvalue weighted by Crippen LogP contribution is 2.24. The number of nitrogen functional groups attached to an aromatic ring is 1. The normalized spacial score (nSPS) is 12.7. The second-order valence-corrected chi connectivity index (χ2v) is 5.48. The lowest BCUT2D eigenvalue weighted by atomic mass is 10.1. The van der Waals surface area contributed by atoms with Gasteiger partial charge >= 0.3 is 0 Å². The first kappa shape index (κ1) is 14.8. The van der Waals surface area contributed by atoms with E-state index in [1.807, 2.05) is 31.3 Å². The van der Waals surface area contributed by atoms with Crippen LogP contribution in [0.25, 0.3) is 0 Å². The highest BCUT2D eigenvalue weighted by atomic mass is 35.5. The van der Waals surface area contributed by atoms with E-state index in [4.69, 9.17) is 17.3 Å². The Morgan fingerprint density at radius 2 is 2.00 bits per heavy atom. The Bertz CT molecular complexity index is 581. The number of hydrogen-bond acceptors (Lipinski definition) is 2. The predicted molar refractivity (Wildman–Crippen MR) is 82.1 cm³/mol. The number of rotatable bonds is 4. The molecule has 2 N–H and O–H groups in total. The Kier molecular flexibility index (Phi) is 4.63. The van der Waals surface area contributed by atoms with Crippen LogP contribution in [-0.2, 0) is 6.54 Å². The van der Waals surface area contributed by atoms with Gasteiger partial charge in [-0.1, -0.05) is 23.7 Å². The number of benzene rings is 2. The molecule has 4 heteroatoms. The van der Waals surface area contributed by atoms with Crippen LogP contribution < -0.4 is 5.73 Å². The molecule has 0 spiro atoms. The molecule has 0 saturated carbocycles. The summed E-state index contributed by atoms with van der Waals surface area (Å²) in [6, 6.07) is 12.6. The Balaban J connectivity index is 2.13. The summed E-state index contributed by atoms with van der Waals surface area (Å²) >= 11 is 6.01. The third kappa shape index (κ3) is 3.71. The van der Waals surface area contributed by atoms with Crippen molar-refractivity contribution < 1.29 is 4.39 Å². The van der Waals surface area contributed by atoms with E-state index >= 15 is 0 Å². The van der Waals surface area contributed by atoms with Crippen molar-refractivity contribution in [1.82, 2.24) is 4.90 Å². The summed E-state index contributed by atoms with van der Waals surface area (Å²) in [6.07, 6.45) is 0. The van der Waals surface area contributed by atoms with Crippen molar-refractivity contribution >= 4 is 17.3 Å². The Labute approximate surface area is 124 Å². The molecule has 2 aromatic rings. The second kappa shape index (κ2) is 6.25. The van der Waals surface area contributed by atoms with E-state index in [1.54, 1.807) is 6.07 Å².